The Morgan fingerprint density at radius 1 is 0.938 bits per heavy atom. The molecule has 6 heteroatoms. The highest BCUT2D eigenvalue weighted by molar-refractivity contribution is 5.83. The van der Waals surface area contributed by atoms with E-state index in [-0.39, 0.29) is 0 Å². The summed E-state index contributed by atoms with van der Waals surface area (Å²) >= 11 is 0. The van der Waals surface area contributed by atoms with Crippen LogP contribution in [0.3, 0.4) is 0 Å². The molecule has 0 saturated heterocycles. The van der Waals surface area contributed by atoms with Crippen LogP contribution in [0.2, 0.25) is 0 Å². The van der Waals surface area contributed by atoms with Gasteiger partial charge in [0.25, 0.3) is 0 Å². The maximum atomic E-state index is 5.75. The SMILES string of the molecule is CCc1nn2c(-c3c(OC)cc(OC)cc3OC)cccc2c1N(CC1CC1)CC1CC1. The van der Waals surface area contributed by atoms with E-state index in [1.165, 1.54) is 31.4 Å². The lowest BCUT2D eigenvalue weighted by molar-refractivity contribution is 0.377. The van der Waals surface area contributed by atoms with E-state index < -0.39 is 0 Å². The summed E-state index contributed by atoms with van der Waals surface area (Å²) in [6.45, 7) is 4.49. The zero-order chi connectivity index (χ0) is 22.2. The summed E-state index contributed by atoms with van der Waals surface area (Å²) in [5.74, 6) is 3.77. The lowest BCUT2D eigenvalue weighted by Crippen LogP contribution is -2.28. The number of aryl methyl sites for hydroxylation is 1. The van der Waals surface area contributed by atoms with Crippen LogP contribution in [0.15, 0.2) is 30.3 Å². The number of nitrogens with zero attached hydrogens (tertiary/aromatic N) is 3. The third-order valence-electron chi connectivity index (χ3n) is 6.67. The highest BCUT2D eigenvalue weighted by atomic mass is 16.5. The Labute approximate surface area is 190 Å². The van der Waals surface area contributed by atoms with E-state index in [0.29, 0.717) is 17.2 Å². The van der Waals surface area contributed by atoms with Crippen LogP contribution >= 0.6 is 0 Å². The van der Waals surface area contributed by atoms with Crippen molar-refractivity contribution < 1.29 is 14.2 Å². The molecule has 2 fully saturated rings. The largest absolute Gasteiger partial charge is 0.496 e. The van der Waals surface area contributed by atoms with Crippen molar-refractivity contribution >= 4 is 11.2 Å². The van der Waals surface area contributed by atoms with Gasteiger partial charge in [-0.15, -0.1) is 0 Å². The van der Waals surface area contributed by atoms with E-state index >= 15 is 0 Å². The summed E-state index contributed by atoms with van der Waals surface area (Å²) < 4.78 is 19.0. The summed E-state index contributed by atoms with van der Waals surface area (Å²) in [7, 11) is 5.00. The first-order chi connectivity index (χ1) is 15.7. The quantitative estimate of drug-likeness (QED) is 0.437. The van der Waals surface area contributed by atoms with Gasteiger partial charge in [-0.3, -0.25) is 0 Å². The summed E-state index contributed by atoms with van der Waals surface area (Å²) in [5, 5.41) is 5.11. The fourth-order valence-corrected chi connectivity index (χ4v) is 4.62. The monoisotopic (exact) mass is 435 g/mol. The average Bonchev–Trinajstić information content (AvgIpc) is 3.76. The molecule has 2 aliphatic rings. The van der Waals surface area contributed by atoms with Crippen molar-refractivity contribution in [2.75, 3.05) is 39.3 Å². The van der Waals surface area contributed by atoms with Crippen LogP contribution in [0.5, 0.6) is 17.2 Å². The average molecular weight is 436 g/mol. The van der Waals surface area contributed by atoms with Crippen molar-refractivity contribution in [3.05, 3.63) is 36.0 Å². The number of aromatic nitrogens is 2. The minimum Gasteiger partial charge on any atom is -0.496 e. The van der Waals surface area contributed by atoms with Crippen LogP contribution in [-0.4, -0.2) is 44.0 Å². The second kappa shape index (κ2) is 8.57. The molecule has 2 aromatic heterocycles. The molecule has 2 saturated carbocycles. The summed E-state index contributed by atoms with van der Waals surface area (Å²) in [4.78, 5) is 2.63. The molecule has 2 aliphatic carbocycles. The standard InChI is InChI=1S/C26H33N3O3/c1-5-20-26(28(15-17-9-10-17)16-18-11-12-18)22-8-6-7-21(29(22)27-20)25-23(31-3)13-19(30-2)14-24(25)32-4/h6-8,13-14,17-18H,5,9-12,15-16H2,1-4H3. The van der Waals surface area contributed by atoms with E-state index in [1.54, 1.807) is 21.3 Å². The van der Waals surface area contributed by atoms with Crippen molar-refractivity contribution in [1.29, 1.82) is 0 Å². The Kier molecular flexibility index (Phi) is 5.62. The van der Waals surface area contributed by atoms with Gasteiger partial charge in [0, 0.05) is 25.2 Å². The van der Waals surface area contributed by atoms with Crippen molar-refractivity contribution in [3.8, 4) is 28.5 Å². The fraction of sp³-hybridized carbons (Fsp3) is 0.500. The molecule has 0 spiro atoms. The Morgan fingerprint density at radius 2 is 1.56 bits per heavy atom. The van der Waals surface area contributed by atoms with Crippen molar-refractivity contribution in [2.45, 2.75) is 39.0 Å². The number of rotatable bonds is 10. The second-order valence-corrected chi connectivity index (χ2v) is 9.06. The smallest absolute Gasteiger partial charge is 0.135 e. The van der Waals surface area contributed by atoms with Gasteiger partial charge < -0.3 is 19.1 Å². The lowest BCUT2D eigenvalue weighted by atomic mass is 10.1. The highest BCUT2D eigenvalue weighted by Gasteiger charge is 2.32. The molecule has 170 valence electrons. The topological polar surface area (TPSA) is 48.2 Å². The Bertz CT molecular complexity index is 1080. The molecule has 0 bridgehead atoms. The van der Waals surface area contributed by atoms with Gasteiger partial charge in [0.1, 0.15) is 17.2 Å². The van der Waals surface area contributed by atoms with Gasteiger partial charge in [-0.05, 0) is 56.1 Å². The van der Waals surface area contributed by atoms with Gasteiger partial charge in [-0.2, -0.15) is 5.10 Å². The predicted molar refractivity (Wildman–Crippen MR) is 127 cm³/mol. The third kappa shape index (κ3) is 3.87. The van der Waals surface area contributed by atoms with E-state index in [4.69, 9.17) is 19.3 Å². The summed E-state index contributed by atoms with van der Waals surface area (Å²) in [6, 6.07) is 10.2. The number of fused-ring (bicyclic) bond motifs is 1. The maximum absolute atomic E-state index is 5.75. The van der Waals surface area contributed by atoms with E-state index in [2.05, 4.69) is 34.5 Å². The predicted octanol–water partition coefficient (Wildman–Crippen LogP) is 5.22. The Hall–Kier alpha value is -2.89. The molecule has 3 aromatic rings. The molecule has 0 radical (unpaired) electrons. The maximum Gasteiger partial charge on any atom is 0.135 e. The molecule has 0 N–H and O–H groups in total. The number of pyridine rings is 1. The third-order valence-corrected chi connectivity index (χ3v) is 6.67. The van der Waals surface area contributed by atoms with Crippen molar-refractivity contribution in [2.24, 2.45) is 11.8 Å². The molecular formula is C26H33N3O3. The first-order valence-electron chi connectivity index (χ1n) is 11.7. The first-order valence-corrected chi connectivity index (χ1v) is 11.7. The van der Waals surface area contributed by atoms with Crippen LogP contribution in [0.4, 0.5) is 5.69 Å². The second-order valence-electron chi connectivity index (χ2n) is 9.06. The highest BCUT2D eigenvalue weighted by Crippen LogP contribution is 2.44. The lowest BCUT2D eigenvalue weighted by Gasteiger charge is -2.25. The zero-order valence-corrected chi connectivity index (χ0v) is 19.6. The van der Waals surface area contributed by atoms with Gasteiger partial charge in [0.2, 0.25) is 0 Å². The minimum absolute atomic E-state index is 0.699. The van der Waals surface area contributed by atoms with Gasteiger partial charge in [0.15, 0.2) is 0 Å². The number of anilines is 1. The van der Waals surface area contributed by atoms with E-state index in [0.717, 1.165) is 53.8 Å². The number of hydrogen-bond acceptors (Lipinski definition) is 5. The molecular weight excluding hydrogens is 402 g/mol. The van der Waals surface area contributed by atoms with Crippen LogP contribution in [0.1, 0.15) is 38.3 Å². The minimum atomic E-state index is 0.699. The van der Waals surface area contributed by atoms with Crippen LogP contribution in [0, 0.1) is 11.8 Å². The fourth-order valence-electron chi connectivity index (χ4n) is 4.62. The van der Waals surface area contributed by atoms with E-state index in [1.807, 2.05) is 12.1 Å². The first kappa shape index (κ1) is 21.0. The number of ether oxygens (including phenoxy) is 3. The molecule has 2 heterocycles. The van der Waals surface area contributed by atoms with Crippen LogP contribution in [-0.2, 0) is 6.42 Å². The number of methoxy groups -OCH3 is 3. The normalized spacial score (nSPS) is 15.8. The molecule has 0 aliphatic heterocycles. The van der Waals surface area contributed by atoms with E-state index in [9.17, 15) is 0 Å². The van der Waals surface area contributed by atoms with Crippen molar-refractivity contribution in [3.63, 3.8) is 0 Å². The molecule has 5 rings (SSSR count). The van der Waals surface area contributed by atoms with Gasteiger partial charge in [-0.1, -0.05) is 13.0 Å². The summed E-state index contributed by atoms with van der Waals surface area (Å²) in [5.41, 5.74) is 5.46. The zero-order valence-electron chi connectivity index (χ0n) is 19.6. The molecule has 0 amide bonds. The van der Waals surface area contributed by atoms with Crippen LogP contribution in [0.25, 0.3) is 16.8 Å². The van der Waals surface area contributed by atoms with Gasteiger partial charge in [0.05, 0.1) is 49.5 Å². The summed E-state index contributed by atoms with van der Waals surface area (Å²) in [6.07, 6.45) is 6.32. The molecule has 0 atom stereocenters. The Morgan fingerprint density at radius 3 is 2.06 bits per heavy atom. The van der Waals surface area contributed by atoms with Gasteiger partial charge >= 0.3 is 0 Å². The van der Waals surface area contributed by atoms with Crippen molar-refractivity contribution in [1.82, 2.24) is 9.61 Å². The number of benzene rings is 1. The molecule has 6 nitrogen and oxygen atoms in total. The Balaban J connectivity index is 1.68. The van der Waals surface area contributed by atoms with Gasteiger partial charge in [-0.25, -0.2) is 4.52 Å². The molecule has 0 unspecified atom stereocenters. The van der Waals surface area contributed by atoms with Crippen LogP contribution < -0.4 is 19.1 Å². The molecule has 32 heavy (non-hydrogen) atoms. The number of hydrogen-bond donors (Lipinski definition) is 0. The molecule has 1 aromatic carbocycles.